The number of para-hydroxylation sites is 1. The fourth-order valence-corrected chi connectivity index (χ4v) is 2.68. The second-order valence-electron chi connectivity index (χ2n) is 4.58. The molecule has 1 aliphatic rings. The highest BCUT2D eigenvalue weighted by atomic mass is 79.9. The second kappa shape index (κ2) is 5.72. The van der Waals surface area contributed by atoms with Crippen LogP contribution in [0.1, 0.15) is 44.1 Å². The van der Waals surface area contributed by atoms with Crippen LogP contribution in [-0.4, -0.2) is 11.4 Å². The molecule has 88 valence electrons. The number of ether oxygens (including phenoxy) is 1. The Morgan fingerprint density at radius 1 is 1.44 bits per heavy atom. The van der Waals surface area contributed by atoms with Crippen LogP contribution in [0.15, 0.2) is 24.3 Å². The molecule has 2 unspecified atom stereocenters. The maximum Gasteiger partial charge on any atom is 0.122 e. The van der Waals surface area contributed by atoms with Crippen LogP contribution < -0.4 is 4.74 Å². The predicted octanol–water partition coefficient (Wildman–Crippen LogP) is 4.51. The first-order chi connectivity index (χ1) is 7.77. The minimum atomic E-state index is 0.641. The quantitative estimate of drug-likeness (QED) is 0.739. The van der Waals surface area contributed by atoms with E-state index >= 15 is 0 Å². The summed E-state index contributed by atoms with van der Waals surface area (Å²) in [7, 11) is 0. The number of rotatable bonds is 4. The lowest BCUT2D eigenvalue weighted by Gasteiger charge is -2.25. The molecule has 2 atom stereocenters. The van der Waals surface area contributed by atoms with Gasteiger partial charge in [-0.15, -0.1) is 0 Å². The summed E-state index contributed by atoms with van der Waals surface area (Å²) in [6.07, 6.45) is 5.02. The molecule has 2 heteroatoms. The molecule has 0 radical (unpaired) electrons. The Hall–Kier alpha value is -0.500. The Kier molecular flexibility index (Phi) is 4.28. The Balaban J connectivity index is 1.96. The standard InChI is InChI=1S/C14H19BrO/c1-11(15)5-4-6-12-9-10-16-14-8-3-2-7-13(12)14/h2-3,7-8,11-12H,4-6,9-10H2,1H3. The average molecular weight is 283 g/mol. The van der Waals surface area contributed by atoms with E-state index in [2.05, 4.69) is 47.1 Å². The van der Waals surface area contributed by atoms with Crippen molar-refractivity contribution in [1.29, 1.82) is 0 Å². The van der Waals surface area contributed by atoms with E-state index in [4.69, 9.17) is 4.74 Å². The van der Waals surface area contributed by atoms with Gasteiger partial charge in [0.05, 0.1) is 6.61 Å². The lowest BCUT2D eigenvalue weighted by atomic mass is 9.88. The van der Waals surface area contributed by atoms with Gasteiger partial charge in [-0.25, -0.2) is 0 Å². The SMILES string of the molecule is CC(Br)CCCC1CCOc2ccccc21. The van der Waals surface area contributed by atoms with E-state index in [9.17, 15) is 0 Å². The molecule has 1 aliphatic heterocycles. The number of hydrogen-bond acceptors (Lipinski definition) is 1. The lowest BCUT2D eigenvalue weighted by Crippen LogP contribution is -2.14. The molecule has 0 saturated carbocycles. The van der Waals surface area contributed by atoms with Crippen molar-refractivity contribution in [2.45, 2.75) is 43.4 Å². The molecule has 0 fully saturated rings. The minimum Gasteiger partial charge on any atom is -0.493 e. The van der Waals surface area contributed by atoms with Crippen molar-refractivity contribution >= 4 is 15.9 Å². The number of fused-ring (bicyclic) bond motifs is 1. The van der Waals surface area contributed by atoms with Crippen molar-refractivity contribution in [3.63, 3.8) is 0 Å². The number of hydrogen-bond donors (Lipinski definition) is 0. The van der Waals surface area contributed by atoms with Crippen LogP contribution in [0.3, 0.4) is 0 Å². The molecule has 0 aromatic heterocycles. The summed E-state index contributed by atoms with van der Waals surface area (Å²) >= 11 is 3.61. The summed E-state index contributed by atoms with van der Waals surface area (Å²) in [5, 5.41) is 0. The first-order valence-electron chi connectivity index (χ1n) is 6.13. The molecule has 0 amide bonds. The molecule has 16 heavy (non-hydrogen) atoms. The second-order valence-corrected chi connectivity index (χ2v) is 6.15. The van der Waals surface area contributed by atoms with Crippen molar-refractivity contribution in [2.75, 3.05) is 6.61 Å². The summed E-state index contributed by atoms with van der Waals surface area (Å²) in [4.78, 5) is 0.641. The lowest BCUT2D eigenvalue weighted by molar-refractivity contribution is 0.261. The Bertz CT molecular complexity index is 335. The summed E-state index contributed by atoms with van der Waals surface area (Å²) in [6.45, 7) is 3.10. The molecular weight excluding hydrogens is 264 g/mol. The van der Waals surface area contributed by atoms with Gasteiger partial charge in [-0.1, -0.05) is 47.5 Å². The van der Waals surface area contributed by atoms with Crippen molar-refractivity contribution in [3.05, 3.63) is 29.8 Å². The fraction of sp³-hybridized carbons (Fsp3) is 0.571. The molecule has 0 bridgehead atoms. The number of benzene rings is 1. The molecular formula is C14H19BrO. The van der Waals surface area contributed by atoms with Gasteiger partial charge in [-0.3, -0.25) is 0 Å². The highest BCUT2D eigenvalue weighted by molar-refractivity contribution is 9.09. The largest absolute Gasteiger partial charge is 0.493 e. The van der Waals surface area contributed by atoms with Crippen LogP contribution in [0.25, 0.3) is 0 Å². The van der Waals surface area contributed by atoms with E-state index in [1.165, 1.54) is 31.2 Å². The van der Waals surface area contributed by atoms with Gasteiger partial charge in [0.15, 0.2) is 0 Å². The van der Waals surface area contributed by atoms with E-state index in [1.807, 2.05) is 0 Å². The Morgan fingerprint density at radius 3 is 3.06 bits per heavy atom. The topological polar surface area (TPSA) is 9.23 Å². The monoisotopic (exact) mass is 282 g/mol. The summed E-state index contributed by atoms with van der Waals surface area (Å²) in [6, 6.07) is 8.49. The summed E-state index contributed by atoms with van der Waals surface area (Å²) < 4.78 is 5.67. The third kappa shape index (κ3) is 3.00. The van der Waals surface area contributed by atoms with Crippen molar-refractivity contribution in [2.24, 2.45) is 0 Å². The zero-order valence-corrected chi connectivity index (χ0v) is 11.4. The Morgan fingerprint density at radius 2 is 2.25 bits per heavy atom. The van der Waals surface area contributed by atoms with Gasteiger partial charge in [-0.2, -0.15) is 0 Å². The van der Waals surface area contributed by atoms with Gasteiger partial charge in [0.2, 0.25) is 0 Å². The van der Waals surface area contributed by atoms with E-state index in [0.29, 0.717) is 10.7 Å². The van der Waals surface area contributed by atoms with E-state index in [-0.39, 0.29) is 0 Å². The normalized spacial score (nSPS) is 21.0. The smallest absolute Gasteiger partial charge is 0.122 e. The highest BCUT2D eigenvalue weighted by Gasteiger charge is 2.20. The first kappa shape index (κ1) is 12.0. The molecule has 0 saturated heterocycles. The van der Waals surface area contributed by atoms with E-state index in [1.54, 1.807) is 0 Å². The van der Waals surface area contributed by atoms with Crippen LogP contribution in [0, 0.1) is 0 Å². The van der Waals surface area contributed by atoms with Crippen LogP contribution in [0.2, 0.25) is 0 Å². The molecule has 1 nitrogen and oxygen atoms in total. The molecule has 2 rings (SSSR count). The van der Waals surface area contributed by atoms with Crippen molar-refractivity contribution in [1.82, 2.24) is 0 Å². The molecule has 1 aromatic carbocycles. The average Bonchev–Trinajstić information content (AvgIpc) is 2.29. The molecule has 0 aliphatic carbocycles. The fourth-order valence-electron chi connectivity index (χ4n) is 2.36. The van der Waals surface area contributed by atoms with Gasteiger partial charge < -0.3 is 4.74 Å². The highest BCUT2D eigenvalue weighted by Crippen LogP contribution is 2.36. The van der Waals surface area contributed by atoms with Crippen LogP contribution >= 0.6 is 15.9 Å². The molecule has 1 heterocycles. The van der Waals surface area contributed by atoms with Gasteiger partial charge in [0, 0.05) is 4.83 Å². The maximum atomic E-state index is 5.67. The number of halogens is 1. The Labute approximate surface area is 106 Å². The van der Waals surface area contributed by atoms with Gasteiger partial charge in [0.1, 0.15) is 5.75 Å². The third-order valence-electron chi connectivity index (χ3n) is 3.24. The first-order valence-corrected chi connectivity index (χ1v) is 7.04. The van der Waals surface area contributed by atoms with E-state index in [0.717, 1.165) is 12.4 Å². The molecule has 0 spiro atoms. The molecule has 1 aromatic rings. The summed E-state index contributed by atoms with van der Waals surface area (Å²) in [5.41, 5.74) is 1.41. The van der Waals surface area contributed by atoms with E-state index < -0.39 is 0 Å². The van der Waals surface area contributed by atoms with Gasteiger partial charge >= 0.3 is 0 Å². The van der Waals surface area contributed by atoms with Gasteiger partial charge in [0.25, 0.3) is 0 Å². The zero-order chi connectivity index (χ0) is 11.4. The zero-order valence-electron chi connectivity index (χ0n) is 9.79. The van der Waals surface area contributed by atoms with Gasteiger partial charge in [-0.05, 0) is 36.8 Å². The molecule has 0 N–H and O–H groups in total. The van der Waals surface area contributed by atoms with Crippen LogP contribution in [0.5, 0.6) is 5.75 Å². The van der Waals surface area contributed by atoms with Crippen LogP contribution in [-0.2, 0) is 0 Å². The summed E-state index contributed by atoms with van der Waals surface area (Å²) in [5.74, 6) is 1.81. The third-order valence-corrected chi connectivity index (χ3v) is 3.70. The number of alkyl halides is 1. The predicted molar refractivity (Wildman–Crippen MR) is 71.5 cm³/mol. The van der Waals surface area contributed by atoms with Crippen molar-refractivity contribution < 1.29 is 4.74 Å². The van der Waals surface area contributed by atoms with Crippen LogP contribution in [0.4, 0.5) is 0 Å². The minimum absolute atomic E-state index is 0.641. The van der Waals surface area contributed by atoms with Crippen molar-refractivity contribution in [3.8, 4) is 5.75 Å². The maximum absolute atomic E-state index is 5.67.